The van der Waals surface area contributed by atoms with Crippen LogP contribution in [0.1, 0.15) is 22.9 Å². The lowest BCUT2D eigenvalue weighted by atomic mass is 9.94. The van der Waals surface area contributed by atoms with Crippen molar-refractivity contribution >= 4 is 34.9 Å². The first kappa shape index (κ1) is 23.2. The van der Waals surface area contributed by atoms with E-state index in [1.165, 1.54) is 32.3 Å². The molecule has 1 saturated heterocycles. The minimum Gasteiger partial charge on any atom is -0.507 e. The molecule has 0 saturated carbocycles. The maximum Gasteiger partial charge on any atom is 0.301 e. The van der Waals surface area contributed by atoms with Gasteiger partial charge in [-0.05, 0) is 48.9 Å². The molecule has 9 nitrogen and oxygen atoms in total. The summed E-state index contributed by atoms with van der Waals surface area (Å²) in [6.07, 6.45) is 0. The van der Waals surface area contributed by atoms with Crippen LogP contribution in [0.15, 0.2) is 52.6 Å². The fraction of sp³-hybridized carbons (Fsp3) is 0.208. The molecular weight excluding hydrogens is 464 g/mol. The van der Waals surface area contributed by atoms with Crippen LogP contribution < -0.4 is 19.1 Å². The second kappa shape index (κ2) is 9.11. The van der Waals surface area contributed by atoms with Gasteiger partial charge in [-0.3, -0.25) is 14.5 Å². The first-order chi connectivity index (χ1) is 16.3. The zero-order valence-electron chi connectivity index (χ0n) is 18.8. The molecule has 1 aliphatic heterocycles. The monoisotopic (exact) mass is 484 g/mol. The third-order valence-electron chi connectivity index (χ3n) is 5.43. The Morgan fingerprint density at radius 1 is 1.03 bits per heavy atom. The number of aryl methyl sites for hydroxylation is 1. The smallest absolute Gasteiger partial charge is 0.301 e. The van der Waals surface area contributed by atoms with Gasteiger partial charge >= 0.3 is 5.91 Å². The number of ether oxygens (including phenoxy) is 3. The number of ketones is 1. The molecule has 0 spiro atoms. The average molecular weight is 485 g/mol. The zero-order valence-corrected chi connectivity index (χ0v) is 19.5. The molecule has 0 aliphatic carbocycles. The Hall–Kier alpha value is -3.98. The molecule has 1 N–H and O–H groups in total. The number of halogens is 1. The van der Waals surface area contributed by atoms with Gasteiger partial charge in [-0.25, -0.2) is 0 Å². The second-order valence-corrected chi connectivity index (χ2v) is 7.87. The minimum absolute atomic E-state index is 0.119. The molecule has 1 atom stereocenters. The van der Waals surface area contributed by atoms with Crippen molar-refractivity contribution in [3.05, 3.63) is 69.9 Å². The summed E-state index contributed by atoms with van der Waals surface area (Å²) in [5.74, 6) is -0.603. The van der Waals surface area contributed by atoms with E-state index in [2.05, 4.69) is 5.16 Å². The van der Waals surface area contributed by atoms with Crippen LogP contribution in [0, 0.1) is 6.92 Å². The molecule has 3 aromatic rings. The number of carbonyl (C=O) groups is 2. The third-order valence-corrected chi connectivity index (χ3v) is 5.68. The lowest BCUT2D eigenvalue weighted by Gasteiger charge is -2.24. The van der Waals surface area contributed by atoms with E-state index < -0.39 is 17.7 Å². The fourth-order valence-electron chi connectivity index (χ4n) is 3.87. The van der Waals surface area contributed by atoms with Gasteiger partial charge in [0.05, 0.1) is 32.9 Å². The van der Waals surface area contributed by atoms with Crippen molar-refractivity contribution < 1.29 is 33.4 Å². The molecule has 176 valence electrons. The van der Waals surface area contributed by atoms with E-state index in [9.17, 15) is 14.7 Å². The van der Waals surface area contributed by atoms with E-state index in [0.717, 1.165) is 0 Å². The summed E-state index contributed by atoms with van der Waals surface area (Å²) in [6.45, 7) is 1.66. The van der Waals surface area contributed by atoms with Crippen LogP contribution in [0.3, 0.4) is 0 Å². The first-order valence-electron chi connectivity index (χ1n) is 10.1. The summed E-state index contributed by atoms with van der Waals surface area (Å²) in [5.41, 5.74) is 0.600. The van der Waals surface area contributed by atoms with Gasteiger partial charge < -0.3 is 23.8 Å². The van der Waals surface area contributed by atoms with E-state index in [1.54, 1.807) is 43.3 Å². The number of Topliss-reactive ketones (excluding diaryl/α,β-unsaturated/α-hetero) is 1. The van der Waals surface area contributed by atoms with Crippen LogP contribution in [0.25, 0.3) is 5.76 Å². The predicted octanol–water partition coefficient (Wildman–Crippen LogP) is 4.29. The molecule has 1 aromatic heterocycles. The van der Waals surface area contributed by atoms with Crippen molar-refractivity contribution in [2.75, 3.05) is 26.2 Å². The van der Waals surface area contributed by atoms with E-state index in [4.69, 9.17) is 30.3 Å². The molecule has 0 bridgehead atoms. The Morgan fingerprint density at radius 3 is 2.15 bits per heavy atom. The van der Waals surface area contributed by atoms with Gasteiger partial charge in [0.15, 0.2) is 17.3 Å². The first-order valence-corrected chi connectivity index (χ1v) is 10.5. The molecule has 2 heterocycles. The van der Waals surface area contributed by atoms with E-state index in [0.29, 0.717) is 39.2 Å². The van der Waals surface area contributed by atoms with Crippen molar-refractivity contribution in [2.24, 2.45) is 0 Å². The van der Waals surface area contributed by atoms with Crippen LogP contribution in [0.4, 0.5) is 5.82 Å². The van der Waals surface area contributed by atoms with Gasteiger partial charge in [-0.2, -0.15) is 0 Å². The van der Waals surface area contributed by atoms with Gasteiger partial charge in [0.25, 0.3) is 5.78 Å². The standard InChI is InChI=1S/C24H21ClN2O7/c1-12-9-18(26-34-12)27-20(14-10-16(31-2)23(33-4)17(11-14)32-3)19(22(29)24(27)30)21(28)13-5-7-15(25)8-6-13/h5-11,20,28H,1-4H3/b21-19+/t20-/m0/s1. The topological polar surface area (TPSA) is 111 Å². The van der Waals surface area contributed by atoms with E-state index in [1.807, 2.05) is 0 Å². The van der Waals surface area contributed by atoms with Crippen LogP contribution in [-0.2, 0) is 9.59 Å². The highest BCUT2D eigenvalue weighted by atomic mass is 35.5. The van der Waals surface area contributed by atoms with Crippen molar-refractivity contribution in [3.8, 4) is 17.2 Å². The maximum absolute atomic E-state index is 13.2. The summed E-state index contributed by atoms with van der Waals surface area (Å²) in [6, 6.07) is 9.92. The molecule has 34 heavy (non-hydrogen) atoms. The summed E-state index contributed by atoms with van der Waals surface area (Å²) in [7, 11) is 4.37. The van der Waals surface area contributed by atoms with E-state index in [-0.39, 0.29) is 17.2 Å². The van der Waals surface area contributed by atoms with Crippen molar-refractivity contribution in [1.29, 1.82) is 0 Å². The molecule has 1 aliphatic rings. The third kappa shape index (κ3) is 3.84. The number of nitrogens with zero attached hydrogens (tertiary/aromatic N) is 2. The average Bonchev–Trinajstić information content (AvgIpc) is 3.38. The van der Waals surface area contributed by atoms with Crippen LogP contribution >= 0.6 is 11.6 Å². The molecule has 10 heteroatoms. The van der Waals surface area contributed by atoms with E-state index >= 15 is 0 Å². The SMILES string of the molecule is COc1cc([C@H]2/C(=C(\O)c3ccc(Cl)cc3)C(=O)C(=O)N2c2cc(C)on2)cc(OC)c1OC. The number of hydrogen-bond acceptors (Lipinski definition) is 8. The molecule has 1 amide bonds. The normalized spacial score (nSPS) is 17.2. The molecule has 2 aromatic carbocycles. The highest BCUT2D eigenvalue weighted by molar-refractivity contribution is 6.51. The van der Waals surface area contributed by atoms with Crippen molar-refractivity contribution in [1.82, 2.24) is 5.16 Å². The highest BCUT2D eigenvalue weighted by Crippen LogP contribution is 2.47. The number of benzene rings is 2. The predicted molar refractivity (Wildman–Crippen MR) is 124 cm³/mol. The van der Waals surface area contributed by atoms with Crippen LogP contribution in [0.5, 0.6) is 17.2 Å². The number of anilines is 1. The number of aliphatic hydroxyl groups is 1. The van der Waals surface area contributed by atoms with Gasteiger partial charge in [0.2, 0.25) is 5.75 Å². The Morgan fingerprint density at radius 2 is 1.65 bits per heavy atom. The van der Waals surface area contributed by atoms with Gasteiger partial charge in [0.1, 0.15) is 11.5 Å². The minimum atomic E-state index is -1.06. The Bertz CT molecular complexity index is 1270. The molecular formula is C24H21ClN2O7. The molecule has 4 rings (SSSR count). The summed E-state index contributed by atoms with van der Waals surface area (Å²) in [4.78, 5) is 27.6. The molecule has 1 fully saturated rings. The summed E-state index contributed by atoms with van der Waals surface area (Å²) >= 11 is 5.97. The summed E-state index contributed by atoms with van der Waals surface area (Å²) in [5, 5.41) is 15.5. The Balaban J connectivity index is 2.00. The number of methoxy groups -OCH3 is 3. The zero-order chi connectivity index (χ0) is 24.6. The van der Waals surface area contributed by atoms with Gasteiger partial charge in [-0.15, -0.1) is 0 Å². The quantitative estimate of drug-likeness (QED) is 0.313. The number of rotatable bonds is 6. The molecule has 0 radical (unpaired) electrons. The number of aromatic nitrogens is 1. The number of aliphatic hydroxyl groups excluding tert-OH is 1. The number of carbonyl (C=O) groups excluding carboxylic acids is 2. The number of amides is 1. The fourth-order valence-corrected chi connectivity index (χ4v) is 4.00. The van der Waals surface area contributed by atoms with Gasteiger partial charge in [0, 0.05) is 16.7 Å². The lowest BCUT2D eigenvalue weighted by molar-refractivity contribution is -0.132. The van der Waals surface area contributed by atoms with Crippen molar-refractivity contribution in [2.45, 2.75) is 13.0 Å². The summed E-state index contributed by atoms with van der Waals surface area (Å²) < 4.78 is 21.4. The highest BCUT2D eigenvalue weighted by Gasteiger charge is 2.48. The lowest BCUT2D eigenvalue weighted by Crippen LogP contribution is -2.29. The van der Waals surface area contributed by atoms with Crippen molar-refractivity contribution in [3.63, 3.8) is 0 Å². The van der Waals surface area contributed by atoms with Crippen LogP contribution in [0.2, 0.25) is 5.02 Å². The Labute approximate surface area is 200 Å². The number of hydrogen-bond donors (Lipinski definition) is 1. The second-order valence-electron chi connectivity index (χ2n) is 7.43. The maximum atomic E-state index is 13.2. The largest absolute Gasteiger partial charge is 0.507 e. The Kier molecular flexibility index (Phi) is 6.21. The molecule has 0 unspecified atom stereocenters. The van der Waals surface area contributed by atoms with Gasteiger partial charge in [-0.1, -0.05) is 16.8 Å². The van der Waals surface area contributed by atoms with Crippen LogP contribution in [-0.4, -0.2) is 43.3 Å².